The topological polar surface area (TPSA) is 89.0 Å². The van der Waals surface area contributed by atoms with Gasteiger partial charge < -0.3 is 14.4 Å². The van der Waals surface area contributed by atoms with Crippen molar-refractivity contribution in [1.29, 1.82) is 0 Å². The number of aromatic nitrogens is 1. The van der Waals surface area contributed by atoms with Gasteiger partial charge in [0.1, 0.15) is 25.0 Å². The summed E-state index contributed by atoms with van der Waals surface area (Å²) in [6, 6.07) is 5.02. The Hall–Kier alpha value is -1.88. The number of carbonyl (C=O) groups excluding carboxylic acids is 1. The Morgan fingerprint density at radius 3 is 2.53 bits per heavy atom. The van der Waals surface area contributed by atoms with Crippen molar-refractivity contribution in [3.63, 3.8) is 0 Å². The van der Waals surface area contributed by atoms with E-state index < -0.39 is 9.84 Å². The standard InChI is InChI=1S/C19H25N3O5S2.ClH/c1-4-21(5-2)9-10-22(18(23)14-13-26-11-12-27-14)19-20-17-15(28-19)7-6-8-16(17)29(3,24)25;/h6-8,13H,4-5,9-12H2,1-3H3;1H. The molecule has 2 aromatic rings. The van der Waals surface area contributed by atoms with Gasteiger partial charge in [0.25, 0.3) is 5.91 Å². The van der Waals surface area contributed by atoms with Crippen molar-refractivity contribution in [3.8, 4) is 0 Å². The maximum Gasteiger partial charge on any atom is 0.298 e. The molecule has 0 atom stereocenters. The number of sulfone groups is 1. The van der Waals surface area contributed by atoms with Crippen LogP contribution < -0.4 is 4.90 Å². The van der Waals surface area contributed by atoms with Gasteiger partial charge in [-0.3, -0.25) is 9.69 Å². The lowest BCUT2D eigenvalue weighted by Gasteiger charge is -2.26. The third-order valence-electron chi connectivity index (χ3n) is 4.64. The second-order valence-corrected chi connectivity index (χ2v) is 9.55. The first-order chi connectivity index (χ1) is 13.8. The van der Waals surface area contributed by atoms with Crippen LogP contribution in [0, 0.1) is 0 Å². The quantitative estimate of drug-likeness (QED) is 0.579. The van der Waals surface area contributed by atoms with Crippen LogP contribution in [0.4, 0.5) is 5.13 Å². The summed E-state index contributed by atoms with van der Waals surface area (Å²) in [5.41, 5.74) is 0.380. The van der Waals surface area contributed by atoms with E-state index >= 15 is 0 Å². The fourth-order valence-corrected chi connectivity index (χ4v) is 4.92. The van der Waals surface area contributed by atoms with Crippen molar-refractivity contribution in [1.82, 2.24) is 9.88 Å². The highest BCUT2D eigenvalue weighted by molar-refractivity contribution is 7.91. The van der Waals surface area contributed by atoms with Crippen LogP contribution in [0.3, 0.4) is 0 Å². The maximum absolute atomic E-state index is 13.1. The monoisotopic (exact) mass is 475 g/mol. The molecule has 0 aliphatic carbocycles. The highest BCUT2D eigenvalue weighted by atomic mass is 35.5. The molecule has 1 aliphatic heterocycles. The number of hydrogen-bond donors (Lipinski definition) is 0. The van der Waals surface area contributed by atoms with E-state index in [1.807, 2.05) is 0 Å². The van der Waals surface area contributed by atoms with E-state index in [0.29, 0.717) is 41.7 Å². The van der Waals surface area contributed by atoms with Crippen LogP contribution in [-0.4, -0.2) is 69.9 Å². The van der Waals surface area contributed by atoms with Gasteiger partial charge in [0.2, 0.25) is 5.76 Å². The van der Waals surface area contributed by atoms with E-state index in [9.17, 15) is 13.2 Å². The van der Waals surface area contributed by atoms with E-state index in [2.05, 4.69) is 23.7 Å². The lowest BCUT2D eigenvalue weighted by Crippen LogP contribution is -2.40. The van der Waals surface area contributed by atoms with E-state index in [4.69, 9.17) is 9.47 Å². The van der Waals surface area contributed by atoms with Crippen LogP contribution in [0.5, 0.6) is 0 Å². The maximum atomic E-state index is 13.1. The zero-order valence-corrected chi connectivity index (χ0v) is 19.6. The van der Waals surface area contributed by atoms with Crippen molar-refractivity contribution in [3.05, 3.63) is 30.2 Å². The van der Waals surface area contributed by atoms with Crippen molar-refractivity contribution in [2.45, 2.75) is 18.7 Å². The zero-order valence-electron chi connectivity index (χ0n) is 17.2. The molecule has 8 nitrogen and oxygen atoms in total. The van der Waals surface area contributed by atoms with Crippen molar-refractivity contribution < 1.29 is 22.7 Å². The minimum Gasteiger partial charge on any atom is -0.494 e. The molecular weight excluding hydrogens is 450 g/mol. The van der Waals surface area contributed by atoms with Gasteiger partial charge in [0.05, 0.1) is 9.60 Å². The highest BCUT2D eigenvalue weighted by Crippen LogP contribution is 2.33. The van der Waals surface area contributed by atoms with Gasteiger partial charge in [0.15, 0.2) is 15.0 Å². The fourth-order valence-electron chi connectivity index (χ4n) is 3.01. The summed E-state index contributed by atoms with van der Waals surface area (Å²) in [5.74, 6) is -0.227. The summed E-state index contributed by atoms with van der Waals surface area (Å²) in [7, 11) is -3.44. The molecule has 0 fully saturated rings. The molecule has 0 spiro atoms. The molecule has 1 aliphatic rings. The zero-order chi connectivity index (χ0) is 21.0. The summed E-state index contributed by atoms with van der Waals surface area (Å²) in [6.45, 7) is 7.60. The van der Waals surface area contributed by atoms with Crippen LogP contribution in [0.25, 0.3) is 10.2 Å². The molecule has 1 amide bonds. The molecule has 1 aromatic carbocycles. The number of amides is 1. The highest BCUT2D eigenvalue weighted by Gasteiger charge is 2.27. The largest absolute Gasteiger partial charge is 0.494 e. The second-order valence-electron chi connectivity index (χ2n) is 6.56. The average Bonchev–Trinajstić information content (AvgIpc) is 3.14. The van der Waals surface area contributed by atoms with Crippen LogP contribution in [0.15, 0.2) is 35.1 Å². The Balaban J connectivity index is 0.00000320. The first kappa shape index (κ1) is 24.4. The Morgan fingerprint density at radius 1 is 1.20 bits per heavy atom. The summed E-state index contributed by atoms with van der Waals surface area (Å²) in [5, 5.41) is 0.434. The Kier molecular flexibility index (Phi) is 8.48. The molecule has 1 aromatic heterocycles. The van der Waals surface area contributed by atoms with Gasteiger partial charge in [-0.2, -0.15) is 0 Å². The molecule has 0 N–H and O–H groups in total. The lowest BCUT2D eigenvalue weighted by atomic mass is 10.3. The molecule has 0 radical (unpaired) electrons. The smallest absolute Gasteiger partial charge is 0.298 e. The van der Waals surface area contributed by atoms with Crippen LogP contribution >= 0.6 is 23.7 Å². The van der Waals surface area contributed by atoms with Gasteiger partial charge in [-0.05, 0) is 25.2 Å². The third kappa shape index (κ3) is 5.42. The number of rotatable bonds is 8. The third-order valence-corrected chi connectivity index (χ3v) is 6.81. The van der Waals surface area contributed by atoms with Crippen molar-refractivity contribution in [2.24, 2.45) is 0 Å². The normalized spacial score (nSPS) is 13.9. The van der Waals surface area contributed by atoms with Crippen molar-refractivity contribution >= 4 is 54.8 Å². The molecule has 3 rings (SSSR count). The van der Waals surface area contributed by atoms with Crippen LogP contribution in [0.2, 0.25) is 0 Å². The van der Waals surface area contributed by atoms with Crippen molar-refractivity contribution in [2.75, 3.05) is 50.5 Å². The average molecular weight is 476 g/mol. The molecule has 0 bridgehead atoms. The number of thiazole rings is 1. The number of carbonyl (C=O) groups is 1. The number of ether oxygens (including phenoxy) is 2. The first-order valence-electron chi connectivity index (χ1n) is 9.43. The Morgan fingerprint density at radius 2 is 1.93 bits per heavy atom. The van der Waals surface area contributed by atoms with Gasteiger partial charge in [0, 0.05) is 19.3 Å². The molecule has 0 saturated carbocycles. The number of nitrogens with zero attached hydrogens (tertiary/aromatic N) is 3. The number of anilines is 1. The number of fused-ring (bicyclic) bond motifs is 1. The van der Waals surface area contributed by atoms with Crippen LogP contribution in [-0.2, 0) is 24.1 Å². The minimum absolute atomic E-state index is 0. The Labute approximate surface area is 186 Å². The van der Waals surface area contributed by atoms with E-state index in [0.717, 1.165) is 19.3 Å². The predicted molar refractivity (Wildman–Crippen MR) is 120 cm³/mol. The van der Waals surface area contributed by atoms with E-state index in [1.165, 1.54) is 28.6 Å². The van der Waals surface area contributed by atoms with E-state index in [1.54, 1.807) is 12.1 Å². The van der Waals surface area contributed by atoms with E-state index in [-0.39, 0.29) is 29.0 Å². The number of benzene rings is 1. The SMILES string of the molecule is CCN(CC)CCN(C(=O)C1=COCCO1)c1nc2c(S(C)(=O)=O)cccc2s1.Cl. The van der Waals surface area contributed by atoms with Gasteiger partial charge in [-0.15, -0.1) is 12.4 Å². The minimum atomic E-state index is -3.44. The first-order valence-corrected chi connectivity index (χ1v) is 12.1. The molecule has 0 saturated heterocycles. The number of hydrogen-bond acceptors (Lipinski definition) is 8. The predicted octanol–water partition coefficient (Wildman–Crippen LogP) is 2.68. The molecule has 166 valence electrons. The Bertz CT molecular complexity index is 1020. The summed E-state index contributed by atoms with van der Waals surface area (Å²) in [6.07, 6.45) is 2.48. The number of para-hydroxylation sites is 1. The van der Waals surface area contributed by atoms with Gasteiger partial charge in [-0.1, -0.05) is 31.3 Å². The number of likely N-dealkylation sites (N-methyl/N-ethyl adjacent to an activating group) is 1. The molecule has 2 heterocycles. The second kappa shape index (κ2) is 10.4. The number of halogens is 1. The summed E-state index contributed by atoms with van der Waals surface area (Å²) in [4.78, 5) is 21.5. The molecule has 30 heavy (non-hydrogen) atoms. The molecule has 0 unspecified atom stereocenters. The van der Waals surface area contributed by atoms with Crippen LogP contribution in [0.1, 0.15) is 13.8 Å². The van der Waals surface area contributed by atoms with Gasteiger partial charge >= 0.3 is 0 Å². The summed E-state index contributed by atoms with van der Waals surface area (Å²) >= 11 is 1.28. The van der Waals surface area contributed by atoms with Gasteiger partial charge in [-0.25, -0.2) is 13.4 Å². The molecular formula is C19H26ClN3O5S2. The fraction of sp³-hybridized carbons (Fsp3) is 0.474. The lowest BCUT2D eigenvalue weighted by molar-refractivity contribution is -0.119. The molecule has 11 heteroatoms. The summed E-state index contributed by atoms with van der Waals surface area (Å²) < 4.78 is 35.7.